The van der Waals surface area contributed by atoms with Crippen molar-refractivity contribution >= 4 is 29.9 Å². The minimum Gasteiger partial charge on any atom is -0.477 e. The minimum atomic E-state index is 0. The van der Waals surface area contributed by atoms with Crippen LogP contribution >= 0.6 is 24.0 Å². The smallest absolute Gasteiger partial charge is 0.218 e. The third-order valence-corrected chi connectivity index (χ3v) is 2.02. The largest absolute Gasteiger partial charge is 0.477 e. The van der Waals surface area contributed by atoms with Crippen molar-refractivity contribution in [3.05, 3.63) is 23.9 Å². The summed E-state index contributed by atoms with van der Waals surface area (Å²) in [5, 5.41) is 0. The van der Waals surface area contributed by atoms with Gasteiger partial charge in [-0.15, -0.1) is 24.0 Å². The molecule has 0 saturated carbocycles. The van der Waals surface area contributed by atoms with Gasteiger partial charge >= 0.3 is 0 Å². The Balaban J connectivity index is 0.00000256. The van der Waals surface area contributed by atoms with Crippen LogP contribution in [0.15, 0.2) is 23.3 Å². The molecule has 1 aromatic heterocycles. The zero-order chi connectivity index (χ0) is 11.8. The van der Waals surface area contributed by atoms with Gasteiger partial charge < -0.3 is 16.2 Å². The number of unbranched alkanes of at least 4 members (excludes halogenated alkanes) is 1. The van der Waals surface area contributed by atoms with E-state index in [2.05, 4.69) is 16.9 Å². The number of guanidine groups is 1. The first-order chi connectivity index (χ1) is 7.74. The molecule has 4 N–H and O–H groups in total. The third kappa shape index (κ3) is 6.30. The fourth-order valence-electron chi connectivity index (χ4n) is 1.16. The number of pyridine rings is 1. The summed E-state index contributed by atoms with van der Waals surface area (Å²) in [6.45, 7) is 3.18. The van der Waals surface area contributed by atoms with E-state index in [9.17, 15) is 0 Å². The first kappa shape index (κ1) is 16.0. The molecule has 0 aliphatic heterocycles. The maximum absolute atomic E-state index is 5.55. The Kier molecular flexibility index (Phi) is 8.47. The summed E-state index contributed by atoms with van der Waals surface area (Å²) < 4.78 is 5.55. The monoisotopic (exact) mass is 350 g/mol. The normalized spacial score (nSPS) is 9.24. The number of rotatable bonds is 6. The van der Waals surface area contributed by atoms with Crippen LogP contribution < -0.4 is 16.2 Å². The summed E-state index contributed by atoms with van der Waals surface area (Å²) in [4.78, 5) is 8.09. The number of nitrogens with zero attached hydrogens (tertiary/aromatic N) is 2. The number of ether oxygens (including phenoxy) is 1. The highest BCUT2D eigenvalue weighted by Gasteiger charge is 2.03. The standard InChI is InChI=1S/C11H18N4O.HI/c1-2-3-7-16-10-9(5-4-6-14-10)8-15-11(12)13;/h4-6H,2-3,7-8H2,1H3,(H4,12,13,15);1H. The predicted molar refractivity (Wildman–Crippen MR) is 79.6 cm³/mol. The van der Waals surface area contributed by atoms with Gasteiger partial charge in [0.2, 0.25) is 5.88 Å². The predicted octanol–water partition coefficient (Wildman–Crippen LogP) is 1.65. The Labute approximate surface area is 119 Å². The van der Waals surface area contributed by atoms with Gasteiger partial charge in [-0.2, -0.15) is 0 Å². The maximum atomic E-state index is 5.55. The van der Waals surface area contributed by atoms with E-state index in [0.29, 0.717) is 19.0 Å². The van der Waals surface area contributed by atoms with Crippen LogP contribution in [0.25, 0.3) is 0 Å². The number of halogens is 1. The second-order valence-corrected chi connectivity index (χ2v) is 3.41. The maximum Gasteiger partial charge on any atom is 0.218 e. The Bertz CT molecular complexity index is 353. The van der Waals surface area contributed by atoms with Crippen LogP contribution in [0.2, 0.25) is 0 Å². The van der Waals surface area contributed by atoms with Crippen LogP contribution in [0.3, 0.4) is 0 Å². The van der Waals surface area contributed by atoms with Crippen molar-refractivity contribution in [1.82, 2.24) is 4.98 Å². The zero-order valence-electron chi connectivity index (χ0n) is 9.93. The van der Waals surface area contributed by atoms with Crippen molar-refractivity contribution in [3.63, 3.8) is 0 Å². The van der Waals surface area contributed by atoms with E-state index in [1.807, 2.05) is 12.1 Å². The van der Waals surface area contributed by atoms with E-state index >= 15 is 0 Å². The molecule has 96 valence electrons. The van der Waals surface area contributed by atoms with Gasteiger partial charge in [0, 0.05) is 11.8 Å². The summed E-state index contributed by atoms with van der Waals surface area (Å²) in [6, 6.07) is 3.74. The van der Waals surface area contributed by atoms with E-state index in [4.69, 9.17) is 16.2 Å². The molecule has 0 atom stereocenters. The summed E-state index contributed by atoms with van der Waals surface area (Å²) in [5.74, 6) is 0.685. The van der Waals surface area contributed by atoms with Gasteiger partial charge in [-0.3, -0.25) is 0 Å². The molecule has 1 heterocycles. The van der Waals surface area contributed by atoms with Gasteiger partial charge in [0.05, 0.1) is 13.2 Å². The minimum absolute atomic E-state index is 0. The lowest BCUT2D eigenvalue weighted by Gasteiger charge is -2.07. The Hall–Kier alpha value is -1.05. The summed E-state index contributed by atoms with van der Waals surface area (Å²) in [7, 11) is 0. The number of nitrogens with two attached hydrogens (primary N) is 2. The molecule has 0 aromatic carbocycles. The molecule has 6 heteroatoms. The third-order valence-electron chi connectivity index (χ3n) is 2.02. The highest BCUT2D eigenvalue weighted by Crippen LogP contribution is 2.15. The number of hydrogen-bond donors (Lipinski definition) is 2. The van der Waals surface area contributed by atoms with E-state index < -0.39 is 0 Å². The van der Waals surface area contributed by atoms with Crippen LogP contribution in [0.1, 0.15) is 25.3 Å². The molecule has 0 amide bonds. The van der Waals surface area contributed by atoms with Gasteiger partial charge in [0.25, 0.3) is 0 Å². The highest BCUT2D eigenvalue weighted by atomic mass is 127. The van der Waals surface area contributed by atoms with E-state index in [-0.39, 0.29) is 29.9 Å². The zero-order valence-corrected chi connectivity index (χ0v) is 12.3. The molecule has 1 rings (SSSR count). The molecule has 5 nitrogen and oxygen atoms in total. The lowest BCUT2D eigenvalue weighted by Crippen LogP contribution is -2.22. The van der Waals surface area contributed by atoms with Gasteiger partial charge in [-0.25, -0.2) is 9.98 Å². The number of aromatic nitrogens is 1. The Morgan fingerprint density at radius 1 is 1.47 bits per heavy atom. The van der Waals surface area contributed by atoms with Crippen molar-refractivity contribution < 1.29 is 4.74 Å². The molecule has 0 fully saturated rings. The SMILES string of the molecule is CCCCOc1ncccc1CN=C(N)N.I. The molecule has 0 aliphatic rings. The molecule has 0 bridgehead atoms. The summed E-state index contributed by atoms with van der Waals surface area (Å²) in [5.41, 5.74) is 11.5. The van der Waals surface area contributed by atoms with Crippen molar-refractivity contribution in [1.29, 1.82) is 0 Å². The highest BCUT2D eigenvalue weighted by molar-refractivity contribution is 14.0. The topological polar surface area (TPSA) is 86.5 Å². The molecule has 17 heavy (non-hydrogen) atoms. The second kappa shape index (κ2) is 9.03. The lowest BCUT2D eigenvalue weighted by atomic mass is 10.3. The molecular formula is C11H19IN4O. The molecule has 0 aliphatic carbocycles. The number of hydrogen-bond acceptors (Lipinski definition) is 3. The Morgan fingerprint density at radius 2 is 2.24 bits per heavy atom. The average Bonchev–Trinajstić information content (AvgIpc) is 2.28. The quantitative estimate of drug-likeness (QED) is 0.354. The fraction of sp³-hybridized carbons (Fsp3) is 0.455. The van der Waals surface area contributed by atoms with Crippen molar-refractivity contribution in [3.8, 4) is 5.88 Å². The van der Waals surface area contributed by atoms with Crippen LogP contribution in [0, 0.1) is 0 Å². The summed E-state index contributed by atoms with van der Waals surface area (Å²) >= 11 is 0. The van der Waals surface area contributed by atoms with Crippen LogP contribution in [0.4, 0.5) is 0 Å². The van der Waals surface area contributed by atoms with E-state index in [0.717, 1.165) is 18.4 Å². The Morgan fingerprint density at radius 3 is 2.88 bits per heavy atom. The van der Waals surface area contributed by atoms with Gasteiger partial charge in [-0.1, -0.05) is 19.4 Å². The lowest BCUT2D eigenvalue weighted by molar-refractivity contribution is 0.294. The molecule has 1 aromatic rings. The fourth-order valence-corrected chi connectivity index (χ4v) is 1.16. The van der Waals surface area contributed by atoms with E-state index in [1.165, 1.54) is 0 Å². The van der Waals surface area contributed by atoms with Crippen LogP contribution in [-0.4, -0.2) is 17.6 Å². The first-order valence-corrected chi connectivity index (χ1v) is 5.36. The van der Waals surface area contributed by atoms with Crippen molar-refractivity contribution in [2.45, 2.75) is 26.3 Å². The van der Waals surface area contributed by atoms with Crippen molar-refractivity contribution in [2.24, 2.45) is 16.5 Å². The van der Waals surface area contributed by atoms with Gasteiger partial charge in [0.1, 0.15) is 0 Å². The molecule has 0 unspecified atom stereocenters. The molecule has 0 saturated heterocycles. The van der Waals surface area contributed by atoms with E-state index in [1.54, 1.807) is 6.20 Å². The average molecular weight is 350 g/mol. The van der Waals surface area contributed by atoms with Crippen molar-refractivity contribution in [2.75, 3.05) is 6.61 Å². The summed E-state index contributed by atoms with van der Waals surface area (Å²) in [6.07, 6.45) is 3.80. The second-order valence-electron chi connectivity index (χ2n) is 3.41. The molecule has 0 spiro atoms. The van der Waals surface area contributed by atoms with Crippen LogP contribution in [0.5, 0.6) is 5.88 Å². The van der Waals surface area contributed by atoms with Crippen LogP contribution in [-0.2, 0) is 6.54 Å². The van der Waals surface area contributed by atoms with Gasteiger partial charge in [-0.05, 0) is 12.5 Å². The van der Waals surface area contributed by atoms with Gasteiger partial charge in [0.15, 0.2) is 5.96 Å². The first-order valence-electron chi connectivity index (χ1n) is 5.36. The number of aliphatic imine (C=N–C) groups is 1. The molecule has 0 radical (unpaired) electrons. The molecular weight excluding hydrogens is 331 g/mol.